The summed E-state index contributed by atoms with van der Waals surface area (Å²) < 4.78 is 7.53. The Morgan fingerprint density at radius 2 is 2.10 bits per heavy atom. The van der Waals surface area contributed by atoms with Crippen LogP contribution in [0.2, 0.25) is 10.3 Å². The van der Waals surface area contributed by atoms with Gasteiger partial charge in [-0.15, -0.1) is 0 Å². The number of ether oxygens (including phenoxy) is 1. The summed E-state index contributed by atoms with van der Waals surface area (Å²) in [6.45, 7) is 3.72. The first-order valence-corrected chi connectivity index (χ1v) is 7.35. The lowest BCUT2D eigenvalue weighted by Crippen LogP contribution is -2.57. The molecule has 0 atom stereocenters. The molecule has 5 nitrogen and oxygen atoms in total. The maximum Gasteiger partial charge on any atom is 0.206 e. The third kappa shape index (κ3) is 1.73. The van der Waals surface area contributed by atoms with Crippen LogP contribution in [0.1, 0.15) is 6.42 Å². The molecule has 106 valence electrons. The Bertz CT molecular complexity index is 685. The quantitative estimate of drug-likeness (QED) is 0.759. The SMILES string of the molecule is Cn1c(N2CC3(CCOC3)C2)nc2c(Cl)nc(Cl)cc21. The summed E-state index contributed by atoms with van der Waals surface area (Å²) in [5.74, 6) is 0.920. The largest absolute Gasteiger partial charge is 0.381 e. The number of rotatable bonds is 1. The van der Waals surface area contributed by atoms with E-state index >= 15 is 0 Å². The number of hydrogen-bond donors (Lipinski definition) is 0. The molecular weight excluding hydrogens is 299 g/mol. The van der Waals surface area contributed by atoms with Gasteiger partial charge in [0.05, 0.1) is 12.1 Å². The molecule has 0 aliphatic carbocycles. The zero-order valence-corrected chi connectivity index (χ0v) is 12.6. The van der Waals surface area contributed by atoms with Gasteiger partial charge in [-0.25, -0.2) is 9.97 Å². The number of anilines is 1. The average molecular weight is 313 g/mol. The van der Waals surface area contributed by atoms with Crippen molar-refractivity contribution in [3.05, 3.63) is 16.4 Å². The van der Waals surface area contributed by atoms with Gasteiger partial charge >= 0.3 is 0 Å². The molecule has 0 amide bonds. The average Bonchev–Trinajstić information content (AvgIpc) is 2.94. The van der Waals surface area contributed by atoms with Gasteiger partial charge in [-0.2, -0.15) is 0 Å². The number of halogens is 2. The molecule has 2 aromatic rings. The van der Waals surface area contributed by atoms with Crippen LogP contribution in [0.4, 0.5) is 5.95 Å². The van der Waals surface area contributed by atoms with Crippen LogP contribution in [0, 0.1) is 5.41 Å². The maximum atomic E-state index is 6.12. The van der Waals surface area contributed by atoms with Crippen LogP contribution in [0.25, 0.3) is 11.0 Å². The number of hydrogen-bond acceptors (Lipinski definition) is 4. The number of nitrogens with zero attached hydrogens (tertiary/aromatic N) is 4. The number of aromatic nitrogens is 3. The highest BCUT2D eigenvalue weighted by Gasteiger charge is 2.47. The molecule has 2 aromatic heterocycles. The summed E-state index contributed by atoms with van der Waals surface area (Å²) in [4.78, 5) is 10.9. The number of aryl methyl sites for hydroxylation is 1. The van der Waals surface area contributed by atoms with Gasteiger partial charge in [0, 0.05) is 38.2 Å². The smallest absolute Gasteiger partial charge is 0.206 e. The summed E-state index contributed by atoms with van der Waals surface area (Å²) in [7, 11) is 1.98. The molecule has 0 aromatic carbocycles. The van der Waals surface area contributed by atoms with E-state index in [1.807, 2.05) is 11.6 Å². The molecule has 2 aliphatic heterocycles. The minimum atomic E-state index is 0.331. The number of imidazole rings is 1. The van der Waals surface area contributed by atoms with Crippen LogP contribution < -0.4 is 4.90 Å². The van der Waals surface area contributed by atoms with Gasteiger partial charge in [-0.05, 0) is 6.42 Å². The Balaban J connectivity index is 1.71. The number of pyridine rings is 1. The second-order valence-corrected chi connectivity index (χ2v) is 6.48. The topological polar surface area (TPSA) is 43.2 Å². The highest BCUT2D eigenvalue weighted by molar-refractivity contribution is 6.36. The molecule has 20 heavy (non-hydrogen) atoms. The Kier molecular flexibility index (Phi) is 2.68. The lowest BCUT2D eigenvalue weighted by Gasteiger charge is -2.47. The van der Waals surface area contributed by atoms with Crippen molar-refractivity contribution < 1.29 is 4.74 Å². The first-order chi connectivity index (χ1) is 9.58. The summed E-state index contributed by atoms with van der Waals surface area (Å²) >= 11 is 12.1. The fourth-order valence-corrected chi connectivity index (χ4v) is 3.66. The molecule has 2 saturated heterocycles. The Hall–Kier alpha value is -1.04. The molecule has 2 fully saturated rings. The monoisotopic (exact) mass is 312 g/mol. The predicted molar refractivity (Wildman–Crippen MR) is 78.6 cm³/mol. The first-order valence-electron chi connectivity index (χ1n) is 6.59. The van der Waals surface area contributed by atoms with E-state index in [2.05, 4.69) is 14.9 Å². The van der Waals surface area contributed by atoms with Crippen LogP contribution in [-0.2, 0) is 11.8 Å². The number of fused-ring (bicyclic) bond motifs is 1. The summed E-state index contributed by atoms with van der Waals surface area (Å²) in [5.41, 5.74) is 1.95. The van der Waals surface area contributed by atoms with Crippen LogP contribution in [-0.4, -0.2) is 40.8 Å². The van der Waals surface area contributed by atoms with Crippen LogP contribution in [0.5, 0.6) is 0 Å². The van der Waals surface area contributed by atoms with Gasteiger partial charge in [-0.3, -0.25) is 0 Å². The van der Waals surface area contributed by atoms with Crippen molar-refractivity contribution in [2.45, 2.75) is 6.42 Å². The summed E-state index contributed by atoms with van der Waals surface area (Å²) in [6.07, 6.45) is 1.14. The maximum absolute atomic E-state index is 6.12. The van der Waals surface area contributed by atoms with E-state index < -0.39 is 0 Å². The Labute approximate surface area is 126 Å². The van der Waals surface area contributed by atoms with E-state index in [9.17, 15) is 0 Å². The van der Waals surface area contributed by atoms with E-state index in [0.29, 0.717) is 21.2 Å². The molecule has 7 heteroatoms. The highest BCUT2D eigenvalue weighted by Crippen LogP contribution is 2.41. The first kappa shape index (κ1) is 12.7. The van der Waals surface area contributed by atoms with E-state index in [0.717, 1.165) is 44.2 Å². The van der Waals surface area contributed by atoms with Gasteiger partial charge in [0.2, 0.25) is 5.95 Å². The fourth-order valence-electron chi connectivity index (χ4n) is 3.19. The normalized spacial score (nSPS) is 20.9. The van der Waals surface area contributed by atoms with Crippen molar-refractivity contribution >= 4 is 40.2 Å². The van der Waals surface area contributed by atoms with Gasteiger partial charge in [0.15, 0.2) is 5.15 Å². The lowest BCUT2D eigenvalue weighted by molar-refractivity contribution is 0.130. The van der Waals surface area contributed by atoms with E-state index in [1.54, 1.807) is 6.07 Å². The molecule has 1 spiro atoms. The minimum Gasteiger partial charge on any atom is -0.381 e. The molecule has 4 heterocycles. The van der Waals surface area contributed by atoms with Crippen LogP contribution in [0.15, 0.2) is 6.07 Å². The van der Waals surface area contributed by atoms with Crippen LogP contribution in [0.3, 0.4) is 0 Å². The van der Waals surface area contributed by atoms with Crippen molar-refractivity contribution in [3.63, 3.8) is 0 Å². The van der Waals surface area contributed by atoms with Crippen LogP contribution >= 0.6 is 23.2 Å². The second-order valence-electron chi connectivity index (χ2n) is 5.73. The molecule has 0 radical (unpaired) electrons. The van der Waals surface area contributed by atoms with Crippen molar-refractivity contribution in [3.8, 4) is 0 Å². The third-order valence-electron chi connectivity index (χ3n) is 4.29. The van der Waals surface area contributed by atoms with E-state index in [-0.39, 0.29) is 0 Å². The Morgan fingerprint density at radius 3 is 2.80 bits per heavy atom. The minimum absolute atomic E-state index is 0.331. The summed E-state index contributed by atoms with van der Waals surface area (Å²) in [5, 5.41) is 0.745. The molecular formula is C13H14Cl2N4O. The predicted octanol–water partition coefficient (Wildman–Crippen LogP) is 2.50. The molecule has 0 bridgehead atoms. The third-order valence-corrected chi connectivity index (χ3v) is 4.75. The van der Waals surface area contributed by atoms with Crippen molar-refractivity contribution in [2.24, 2.45) is 12.5 Å². The standard InChI is InChI=1S/C13H14Cl2N4O/c1-18-8-4-9(14)16-11(15)10(8)17-12(18)19-5-13(6-19)2-3-20-7-13/h4H,2-3,5-7H2,1H3. The van der Waals surface area contributed by atoms with E-state index in [1.165, 1.54) is 0 Å². The zero-order valence-electron chi connectivity index (χ0n) is 11.1. The van der Waals surface area contributed by atoms with E-state index in [4.69, 9.17) is 27.9 Å². The Morgan fingerprint density at radius 1 is 1.30 bits per heavy atom. The zero-order chi connectivity index (χ0) is 13.9. The van der Waals surface area contributed by atoms with Crippen molar-refractivity contribution in [1.82, 2.24) is 14.5 Å². The molecule has 0 unspecified atom stereocenters. The summed E-state index contributed by atoms with van der Waals surface area (Å²) in [6, 6.07) is 1.80. The van der Waals surface area contributed by atoms with Gasteiger partial charge in [-0.1, -0.05) is 23.2 Å². The second kappa shape index (κ2) is 4.23. The van der Waals surface area contributed by atoms with Gasteiger partial charge < -0.3 is 14.2 Å². The molecule has 2 aliphatic rings. The molecule has 0 N–H and O–H groups in total. The van der Waals surface area contributed by atoms with Crippen molar-refractivity contribution in [2.75, 3.05) is 31.2 Å². The highest BCUT2D eigenvalue weighted by atomic mass is 35.5. The molecule has 4 rings (SSSR count). The van der Waals surface area contributed by atoms with Gasteiger partial charge in [0.1, 0.15) is 10.7 Å². The fraction of sp³-hybridized carbons (Fsp3) is 0.538. The lowest BCUT2D eigenvalue weighted by atomic mass is 9.79. The molecule has 0 saturated carbocycles. The van der Waals surface area contributed by atoms with Gasteiger partial charge in [0.25, 0.3) is 0 Å². The van der Waals surface area contributed by atoms with Crippen molar-refractivity contribution in [1.29, 1.82) is 0 Å².